The van der Waals surface area contributed by atoms with Gasteiger partial charge in [0.25, 0.3) is 11.8 Å². The Kier molecular flexibility index (Phi) is 7.91. The first-order valence-electron chi connectivity index (χ1n) is 11.5. The molecule has 1 N–H and O–H groups in total. The van der Waals surface area contributed by atoms with Crippen molar-refractivity contribution >= 4 is 23.6 Å². The molecule has 0 aromatic heterocycles. The summed E-state index contributed by atoms with van der Waals surface area (Å²) < 4.78 is 5.19. The molecule has 34 heavy (non-hydrogen) atoms. The van der Waals surface area contributed by atoms with Crippen LogP contribution < -0.4 is 10.1 Å². The molecule has 5 nitrogen and oxygen atoms in total. The predicted molar refractivity (Wildman–Crippen MR) is 137 cm³/mol. The largest absolute Gasteiger partial charge is 0.497 e. The Morgan fingerprint density at radius 3 is 2.50 bits per heavy atom. The van der Waals surface area contributed by atoms with Crippen molar-refractivity contribution < 1.29 is 14.3 Å². The van der Waals surface area contributed by atoms with Crippen LogP contribution in [-0.2, 0) is 6.54 Å². The molecule has 176 valence electrons. The molecular weight excluding hydrogens is 444 g/mol. The van der Waals surface area contributed by atoms with Crippen LogP contribution in [0.5, 0.6) is 5.75 Å². The highest BCUT2D eigenvalue weighted by Gasteiger charge is 2.26. The maximum Gasteiger partial charge on any atom is 0.253 e. The second-order valence-corrected chi connectivity index (χ2v) is 9.35. The van der Waals surface area contributed by atoms with Crippen LogP contribution in [0.3, 0.4) is 0 Å². The fourth-order valence-corrected chi connectivity index (χ4v) is 4.72. The normalized spacial score (nSPS) is 15.6. The van der Waals surface area contributed by atoms with Crippen molar-refractivity contribution in [2.45, 2.75) is 30.2 Å². The molecule has 3 aromatic rings. The number of carbonyl (C=O) groups excluding carboxylic acids is 2. The van der Waals surface area contributed by atoms with Crippen LogP contribution in [0.2, 0.25) is 0 Å². The number of nitrogens with zero attached hydrogens (tertiary/aromatic N) is 1. The topological polar surface area (TPSA) is 58.6 Å². The number of hydrogen-bond donors (Lipinski definition) is 1. The van der Waals surface area contributed by atoms with Gasteiger partial charge in [0.15, 0.2) is 0 Å². The van der Waals surface area contributed by atoms with Gasteiger partial charge in [0.05, 0.1) is 7.11 Å². The summed E-state index contributed by atoms with van der Waals surface area (Å²) in [5.41, 5.74) is 3.49. The van der Waals surface area contributed by atoms with Gasteiger partial charge in [-0.05, 0) is 78.8 Å². The molecule has 0 spiro atoms. The number of piperidine rings is 1. The Labute approximate surface area is 205 Å². The summed E-state index contributed by atoms with van der Waals surface area (Å²) in [7, 11) is 1.61. The van der Waals surface area contributed by atoms with Gasteiger partial charge in [0.1, 0.15) is 5.75 Å². The molecule has 0 saturated carbocycles. The van der Waals surface area contributed by atoms with Gasteiger partial charge in [-0.2, -0.15) is 0 Å². The predicted octanol–water partition coefficient (Wildman–Crippen LogP) is 5.37. The highest BCUT2D eigenvalue weighted by atomic mass is 32.2. The summed E-state index contributed by atoms with van der Waals surface area (Å²) in [6.07, 6.45) is 3.98. The highest BCUT2D eigenvalue weighted by Crippen LogP contribution is 2.28. The van der Waals surface area contributed by atoms with Gasteiger partial charge < -0.3 is 15.0 Å². The number of nitrogens with one attached hydrogen (secondary N) is 1. The SMILES string of the molecule is COc1ccc(C(=O)N2CCC[C@H](c3cccc(C(=O)NCc4ccc(SC)cc4)c3)C2)cc1. The van der Waals surface area contributed by atoms with Crippen LogP contribution in [0.4, 0.5) is 0 Å². The van der Waals surface area contributed by atoms with E-state index in [1.54, 1.807) is 18.9 Å². The molecule has 1 atom stereocenters. The van der Waals surface area contributed by atoms with E-state index in [1.165, 1.54) is 4.90 Å². The minimum atomic E-state index is -0.0854. The summed E-state index contributed by atoms with van der Waals surface area (Å²) in [5, 5.41) is 3.02. The summed E-state index contributed by atoms with van der Waals surface area (Å²) in [6.45, 7) is 1.89. The number of rotatable bonds is 7. The molecule has 1 heterocycles. The fourth-order valence-electron chi connectivity index (χ4n) is 4.31. The lowest BCUT2D eigenvalue weighted by Crippen LogP contribution is -2.39. The monoisotopic (exact) mass is 474 g/mol. The molecule has 0 aliphatic carbocycles. The minimum absolute atomic E-state index is 0.0359. The van der Waals surface area contributed by atoms with E-state index in [4.69, 9.17) is 4.74 Å². The summed E-state index contributed by atoms with van der Waals surface area (Å²) >= 11 is 1.70. The minimum Gasteiger partial charge on any atom is -0.497 e. The van der Waals surface area contributed by atoms with E-state index >= 15 is 0 Å². The maximum absolute atomic E-state index is 13.0. The van der Waals surface area contributed by atoms with Crippen LogP contribution in [0.25, 0.3) is 0 Å². The molecule has 6 heteroatoms. The second kappa shape index (κ2) is 11.3. The molecule has 1 aliphatic rings. The van der Waals surface area contributed by atoms with Crippen molar-refractivity contribution in [1.29, 1.82) is 0 Å². The van der Waals surface area contributed by atoms with Crippen LogP contribution in [-0.4, -0.2) is 43.2 Å². The van der Waals surface area contributed by atoms with Gasteiger partial charge in [-0.15, -0.1) is 11.8 Å². The Morgan fingerprint density at radius 1 is 1.03 bits per heavy atom. The van der Waals surface area contributed by atoms with Gasteiger partial charge in [-0.1, -0.05) is 24.3 Å². The lowest BCUT2D eigenvalue weighted by molar-refractivity contribution is 0.0706. The molecule has 1 saturated heterocycles. The van der Waals surface area contributed by atoms with E-state index in [9.17, 15) is 9.59 Å². The van der Waals surface area contributed by atoms with Crippen molar-refractivity contribution in [2.24, 2.45) is 0 Å². The zero-order chi connectivity index (χ0) is 23.9. The number of likely N-dealkylation sites (tertiary alicyclic amines) is 1. The average Bonchev–Trinajstić information content (AvgIpc) is 2.91. The van der Waals surface area contributed by atoms with E-state index in [2.05, 4.69) is 23.5 Å². The number of benzene rings is 3. The zero-order valence-corrected chi connectivity index (χ0v) is 20.4. The van der Waals surface area contributed by atoms with Crippen LogP contribution in [0, 0.1) is 0 Å². The Bertz CT molecular complexity index is 1130. The van der Waals surface area contributed by atoms with E-state index in [0.29, 0.717) is 24.2 Å². The first-order valence-corrected chi connectivity index (χ1v) is 12.7. The second-order valence-electron chi connectivity index (χ2n) is 8.48. The van der Waals surface area contributed by atoms with Crippen molar-refractivity contribution in [3.05, 3.63) is 95.1 Å². The van der Waals surface area contributed by atoms with Crippen molar-refractivity contribution in [3.8, 4) is 5.75 Å². The van der Waals surface area contributed by atoms with E-state index in [0.717, 1.165) is 36.3 Å². The Balaban J connectivity index is 1.39. The number of methoxy groups -OCH3 is 1. The summed E-state index contributed by atoms with van der Waals surface area (Å²) in [4.78, 5) is 28.9. The van der Waals surface area contributed by atoms with Gasteiger partial charge in [0, 0.05) is 41.6 Å². The zero-order valence-electron chi connectivity index (χ0n) is 19.6. The number of ether oxygens (including phenoxy) is 1. The maximum atomic E-state index is 13.0. The van der Waals surface area contributed by atoms with Crippen LogP contribution in [0.1, 0.15) is 50.6 Å². The first-order chi connectivity index (χ1) is 16.6. The molecule has 0 radical (unpaired) electrons. The Morgan fingerprint density at radius 2 is 1.79 bits per heavy atom. The van der Waals surface area contributed by atoms with E-state index in [1.807, 2.05) is 65.8 Å². The highest BCUT2D eigenvalue weighted by molar-refractivity contribution is 7.98. The quantitative estimate of drug-likeness (QED) is 0.468. The van der Waals surface area contributed by atoms with Crippen molar-refractivity contribution in [2.75, 3.05) is 26.5 Å². The molecule has 1 fully saturated rings. The molecular formula is C28H30N2O3S. The smallest absolute Gasteiger partial charge is 0.253 e. The molecule has 1 aliphatic heterocycles. The van der Waals surface area contributed by atoms with Gasteiger partial charge >= 0.3 is 0 Å². The van der Waals surface area contributed by atoms with E-state index < -0.39 is 0 Å². The number of carbonyl (C=O) groups is 2. The van der Waals surface area contributed by atoms with Gasteiger partial charge in [-0.3, -0.25) is 9.59 Å². The molecule has 4 rings (SSSR count). The average molecular weight is 475 g/mol. The standard InChI is InChI=1S/C28H30N2O3S/c1-33-25-12-10-21(11-13-25)28(32)30-16-4-7-24(19-30)22-5-3-6-23(17-22)27(31)29-18-20-8-14-26(34-2)15-9-20/h3,5-6,8-15,17,24H,4,7,16,18-19H2,1-2H3,(H,29,31)/t24-/m0/s1. The molecule has 0 bridgehead atoms. The first kappa shape index (κ1) is 23.9. The fraction of sp³-hybridized carbons (Fsp3) is 0.286. The summed E-state index contributed by atoms with van der Waals surface area (Å²) in [5.74, 6) is 0.898. The van der Waals surface area contributed by atoms with Crippen molar-refractivity contribution in [3.63, 3.8) is 0 Å². The lowest BCUT2D eigenvalue weighted by Gasteiger charge is -2.33. The molecule has 3 aromatic carbocycles. The number of amides is 2. The molecule has 2 amide bonds. The third-order valence-electron chi connectivity index (χ3n) is 6.28. The van der Waals surface area contributed by atoms with Gasteiger partial charge in [-0.25, -0.2) is 0 Å². The number of thioether (sulfide) groups is 1. The number of hydrogen-bond acceptors (Lipinski definition) is 4. The summed E-state index contributed by atoms with van der Waals surface area (Å²) in [6, 6.07) is 23.3. The third-order valence-corrected chi connectivity index (χ3v) is 7.02. The third kappa shape index (κ3) is 5.81. The van der Waals surface area contributed by atoms with Gasteiger partial charge in [0.2, 0.25) is 0 Å². The molecule has 0 unspecified atom stereocenters. The van der Waals surface area contributed by atoms with Crippen molar-refractivity contribution in [1.82, 2.24) is 10.2 Å². The lowest BCUT2D eigenvalue weighted by atomic mass is 9.89. The van der Waals surface area contributed by atoms with Crippen LogP contribution >= 0.6 is 11.8 Å². The van der Waals surface area contributed by atoms with E-state index in [-0.39, 0.29) is 17.7 Å². The van der Waals surface area contributed by atoms with Crippen LogP contribution in [0.15, 0.2) is 77.7 Å². The Hall–Kier alpha value is -3.25.